The van der Waals surface area contributed by atoms with Crippen molar-refractivity contribution < 1.29 is 9.59 Å². The van der Waals surface area contributed by atoms with Gasteiger partial charge < -0.3 is 5.32 Å². The number of carbonyl (C=O) groups excluding carboxylic acids is 2. The fraction of sp³-hybridized carbons (Fsp3) is 0.429. The molecule has 1 N–H and O–H groups in total. The molecule has 3 heteroatoms. The summed E-state index contributed by atoms with van der Waals surface area (Å²) in [4.78, 5) is 23.0. The first kappa shape index (κ1) is 11.8. The third-order valence-electron chi connectivity index (χ3n) is 3.28. The van der Waals surface area contributed by atoms with Crippen LogP contribution in [0.15, 0.2) is 18.2 Å². The lowest BCUT2D eigenvalue weighted by atomic mass is 10.0. The van der Waals surface area contributed by atoms with Crippen molar-refractivity contribution in [2.24, 2.45) is 0 Å². The first-order chi connectivity index (χ1) is 8.20. The summed E-state index contributed by atoms with van der Waals surface area (Å²) < 4.78 is 0. The van der Waals surface area contributed by atoms with Gasteiger partial charge >= 0.3 is 0 Å². The van der Waals surface area contributed by atoms with Gasteiger partial charge in [-0.15, -0.1) is 0 Å². The van der Waals surface area contributed by atoms with Crippen LogP contribution >= 0.6 is 0 Å². The average molecular weight is 231 g/mol. The minimum Gasteiger partial charge on any atom is -0.359 e. The second-order valence-electron chi connectivity index (χ2n) is 4.43. The van der Waals surface area contributed by atoms with Gasteiger partial charge in [0.25, 0.3) is 0 Å². The Labute approximate surface area is 101 Å². The summed E-state index contributed by atoms with van der Waals surface area (Å²) in [5, 5.41) is 2.52. The van der Waals surface area contributed by atoms with Crippen molar-refractivity contribution in [3.8, 4) is 0 Å². The molecule has 0 unspecified atom stereocenters. The van der Waals surface area contributed by atoms with E-state index < -0.39 is 0 Å². The molecule has 0 spiro atoms. The van der Waals surface area contributed by atoms with Gasteiger partial charge in [-0.25, -0.2) is 0 Å². The molecule has 1 aromatic rings. The Kier molecular flexibility index (Phi) is 3.57. The van der Waals surface area contributed by atoms with Gasteiger partial charge in [0.05, 0.1) is 0 Å². The molecule has 0 saturated heterocycles. The monoisotopic (exact) mass is 231 g/mol. The molecule has 1 aliphatic rings. The molecule has 1 aliphatic carbocycles. The molecule has 1 aromatic carbocycles. The van der Waals surface area contributed by atoms with Crippen molar-refractivity contribution in [1.82, 2.24) is 5.32 Å². The van der Waals surface area contributed by atoms with Crippen LogP contribution in [0.2, 0.25) is 0 Å². The molecule has 3 nitrogen and oxygen atoms in total. The number of hydrogen-bond donors (Lipinski definition) is 1. The summed E-state index contributed by atoms with van der Waals surface area (Å²) >= 11 is 0. The van der Waals surface area contributed by atoms with Crippen LogP contribution in [0.25, 0.3) is 0 Å². The number of rotatable bonds is 4. The average Bonchev–Trinajstić information content (AvgIpc) is 2.82. The Hall–Kier alpha value is -1.64. The normalized spacial score (nSPS) is 13.2. The molecule has 0 fully saturated rings. The van der Waals surface area contributed by atoms with E-state index >= 15 is 0 Å². The number of aryl methyl sites for hydroxylation is 2. The van der Waals surface area contributed by atoms with E-state index in [4.69, 9.17) is 0 Å². The Morgan fingerprint density at radius 3 is 2.71 bits per heavy atom. The summed E-state index contributed by atoms with van der Waals surface area (Å²) in [6.45, 7) is 0. The van der Waals surface area contributed by atoms with Gasteiger partial charge in [-0.2, -0.15) is 0 Å². The minimum absolute atomic E-state index is 0.0586. The highest BCUT2D eigenvalue weighted by Crippen LogP contribution is 2.23. The Bertz CT molecular complexity index is 452. The summed E-state index contributed by atoms with van der Waals surface area (Å²) in [7, 11) is 1.59. The van der Waals surface area contributed by atoms with Crippen molar-refractivity contribution in [3.05, 3.63) is 34.9 Å². The van der Waals surface area contributed by atoms with Gasteiger partial charge in [0.15, 0.2) is 5.78 Å². The maximum absolute atomic E-state index is 11.9. The molecule has 1 amide bonds. The Morgan fingerprint density at radius 1 is 1.18 bits per heavy atom. The highest BCUT2D eigenvalue weighted by Gasteiger charge is 2.14. The number of ketones is 1. The van der Waals surface area contributed by atoms with Crippen LogP contribution in [0.1, 0.15) is 40.7 Å². The Balaban J connectivity index is 2.02. The zero-order valence-corrected chi connectivity index (χ0v) is 10.1. The molecule has 0 saturated carbocycles. The molecular formula is C14H17NO2. The van der Waals surface area contributed by atoms with Gasteiger partial charge in [-0.1, -0.05) is 12.1 Å². The van der Waals surface area contributed by atoms with Crippen LogP contribution in [-0.4, -0.2) is 18.7 Å². The van der Waals surface area contributed by atoms with Crippen molar-refractivity contribution in [1.29, 1.82) is 0 Å². The minimum atomic E-state index is -0.0838. The van der Waals surface area contributed by atoms with Crippen molar-refractivity contribution in [3.63, 3.8) is 0 Å². The number of hydrogen-bond acceptors (Lipinski definition) is 2. The SMILES string of the molecule is CNC(=O)CCC(=O)c1ccc2c(c1)CCC2. The van der Waals surface area contributed by atoms with E-state index in [1.54, 1.807) is 7.05 Å². The first-order valence-electron chi connectivity index (χ1n) is 6.06. The molecule has 0 aliphatic heterocycles. The fourth-order valence-corrected chi connectivity index (χ4v) is 2.24. The van der Waals surface area contributed by atoms with Crippen molar-refractivity contribution in [2.45, 2.75) is 32.1 Å². The molecule has 17 heavy (non-hydrogen) atoms. The van der Waals surface area contributed by atoms with Crippen LogP contribution < -0.4 is 5.32 Å². The Morgan fingerprint density at radius 2 is 1.94 bits per heavy atom. The van der Waals surface area contributed by atoms with E-state index in [-0.39, 0.29) is 18.1 Å². The van der Waals surface area contributed by atoms with E-state index in [1.807, 2.05) is 12.1 Å². The number of amides is 1. The van der Waals surface area contributed by atoms with Crippen LogP contribution in [0.3, 0.4) is 0 Å². The second-order valence-corrected chi connectivity index (χ2v) is 4.43. The molecular weight excluding hydrogens is 214 g/mol. The number of nitrogens with one attached hydrogen (secondary N) is 1. The summed E-state index contributed by atoms with van der Waals surface area (Å²) in [6, 6.07) is 5.93. The fourth-order valence-electron chi connectivity index (χ4n) is 2.24. The standard InChI is InChI=1S/C14H17NO2/c1-15-14(17)8-7-13(16)12-6-5-10-3-2-4-11(10)9-12/h5-6,9H,2-4,7-8H2,1H3,(H,15,17). The molecule has 0 radical (unpaired) electrons. The lowest BCUT2D eigenvalue weighted by Gasteiger charge is -2.04. The van der Waals surface area contributed by atoms with Gasteiger partial charge in [0.1, 0.15) is 0 Å². The summed E-state index contributed by atoms with van der Waals surface area (Å²) in [5.74, 6) is -0.0252. The highest BCUT2D eigenvalue weighted by molar-refractivity contribution is 5.98. The molecule has 0 heterocycles. The van der Waals surface area contributed by atoms with Crippen molar-refractivity contribution in [2.75, 3.05) is 7.05 Å². The van der Waals surface area contributed by atoms with Gasteiger partial charge in [0.2, 0.25) is 5.91 Å². The molecule has 2 rings (SSSR count). The number of fused-ring (bicyclic) bond motifs is 1. The number of Topliss-reactive ketones (excluding diaryl/α,β-unsaturated/α-hetero) is 1. The third-order valence-corrected chi connectivity index (χ3v) is 3.28. The zero-order chi connectivity index (χ0) is 12.3. The summed E-state index contributed by atoms with van der Waals surface area (Å²) in [5.41, 5.74) is 3.41. The predicted molar refractivity (Wildman–Crippen MR) is 66.1 cm³/mol. The largest absolute Gasteiger partial charge is 0.359 e. The maximum atomic E-state index is 11.9. The van der Waals surface area contributed by atoms with Gasteiger partial charge in [0, 0.05) is 25.5 Å². The van der Waals surface area contributed by atoms with Crippen LogP contribution in [0.5, 0.6) is 0 Å². The quantitative estimate of drug-likeness (QED) is 0.804. The van der Waals surface area contributed by atoms with E-state index in [0.29, 0.717) is 6.42 Å². The molecule has 90 valence electrons. The summed E-state index contributed by atoms with van der Waals surface area (Å²) in [6.07, 6.45) is 3.95. The third kappa shape index (κ3) is 2.73. The first-order valence-corrected chi connectivity index (χ1v) is 6.06. The van der Waals surface area contributed by atoms with Crippen LogP contribution in [0.4, 0.5) is 0 Å². The number of benzene rings is 1. The van der Waals surface area contributed by atoms with Crippen molar-refractivity contribution >= 4 is 11.7 Å². The van der Waals surface area contributed by atoms with E-state index in [1.165, 1.54) is 17.5 Å². The maximum Gasteiger partial charge on any atom is 0.220 e. The lowest BCUT2D eigenvalue weighted by molar-refractivity contribution is -0.120. The van der Waals surface area contributed by atoms with E-state index in [2.05, 4.69) is 11.4 Å². The zero-order valence-electron chi connectivity index (χ0n) is 10.1. The van der Waals surface area contributed by atoms with Crippen LogP contribution in [0, 0.1) is 0 Å². The number of carbonyl (C=O) groups is 2. The van der Waals surface area contributed by atoms with Gasteiger partial charge in [-0.05, 0) is 36.5 Å². The lowest BCUT2D eigenvalue weighted by Crippen LogP contribution is -2.18. The predicted octanol–water partition coefficient (Wildman–Crippen LogP) is 1.88. The second kappa shape index (κ2) is 5.13. The topological polar surface area (TPSA) is 46.2 Å². The molecule has 0 bridgehead atoms. The van der Waals surface area contributed by atoms with Crippen LogP contribution in [-0.2, 0) is 17.6 Å². The smallest absolute Gasteiger partial charge is 0.220 e. The van der Waals surface area contributed by atoms with E-state index in [0.717, 1.165) is 18.4 Å². The van der Waals surface area contributed by atoms with Gasteiger partial charge in [-0.3, -0.25) is 9.59 Å². The molecule has 0 aromatic heterocycles. The molecule has 0 atom stereocenters. The van der Waals surface area contributed by atoms with E-state index in [9.17, 15) is 9.59 Å². The highest BCUT2D eigenvalue weighted by atomic mass is 16.2.